The van der Waals surface area contributed by atoms with Gasteiger partial charge in [-0.25, -0.2) is 0 Å². The topological polar surface area (TPSA) is 83.5 Å². The number of ketones is 1. The quantitative estimate of drug-likeness (QED) is 0.833. The third-order valence-electron chi connectivity index (χ3n) is 3.69. The fourth-order valence-electron chi connectivity index (χ4n) is 2.69. The van der Waals surface area contributed by atoms with Gasteiger partial charge in [0.2, 0.25) is 0 Å². The molecule has 114 valence electrons. The van der Waals surface area contributed by atoms with E-state index in [1.54, 1.807) is 13.8 Å². The number of hydrogen-bond donors (Lipinski definition) is 2. The van der Waals surface area contributed by atoms with Gasteiger partial charge in [-0.05, 0) is 33.3 Å². The molecule has 6 heteroatoms. The van der Waals surface area contributed by atoms with Gasteiger partial charge in [0, 0.05) is 19.0 Å². The molecule has 0 aliphatic carbocycles. The Morgan fingerprint density at radius 3 is 2.52 bits per heavy atom. The van der Waals surface area contributed by atoms with Crippen LogP contribution in [-0.2, 0) is 4.84 Å². The molecule has 1 aliphatic rings. The lowest BCUT2D eigenvalue weighted by molar-refractivity contribution is -0.00183. The lowest BCUT2D eigenvalue weighted by atomic mass is 10.00. The Morgan fingerprint density at radius 1 is 1.38 bits per heavy atom. The van der Waals surface area contributed by atoms with Crippen LogP contribution in [-0.4, -0.2) is 34.5 Å². The molecule has 0 fully saturated rings. The number of hydrogen-bond acceptors (Lipinski definition) is 4. The number of aromatic amines is 1. The van der Waals surface area contributed by atoms with E-state index < -0.39 is 5.60 Å². The van der Waals surface area contributed by atoms with E-state index in [2.05, 4.69) is 15.5 Å². The van der Waals surface area contributed by atoms with Crippen molar-refractivity contribution in [1.82, 2.24) is 10.3 Å². The first-order valence-corrected chi connectivity index (χ1v) is 6.93. The molecule has 21 heavy (non-hydrogen) atoms. The van der Waals surface area contributed by atoms with Crippen molar-refractivity contribution in [1.29, 1.82) is 0 Å². The number of aryl methyl sites for hydroxylation is 1. The minimum Gasteiger partial charge on any atom is -0.387 e. The molecular weight excluding hydrogens is 270 g/mol. The van der Waals surface area contributed by atoms with Crippen LogP contribution < -0.4 is 5.32 Å². The number of aromatic nitrogens is 1. The second kappa shape index (κ2) is 5.35. The number of nitrogens with one attached hydrogen (secondary N) is 2. The number of Topliss-reactive ketones (excluding diaryl/α,β-unsaturated/α-hetero) is 1. The summed E-state index contributed by atoms with van der Waals surface area (Å²) in [5.41, 5.74) is 2.81. The summed E-state index contributed by atoms with van der Waals surface area (Å²) in [4.78, 5) is 32.2. The van der Waals surface area contributed by atoms with Gasteiger partial charge in [-0.2, -0.15) is 0 Å². The second-order valence-corrected chi connectivity index (χ2v) is 5.91. The fraction of sp³-hybridized carbons (Fsp3) is 0.533. The van der Waals surface area contributed by atoms with E-state index in [1.807, 2.05) is 13.8 Å². The molecule has 2 heterocycles. The fourth-order valence-corrected chi connectivity index (χ4v) is 2.69. The molecule has 1 aromatic rings. The van der Waals surface area contributed by atoms with Crippen molar-refractivity contribution in [3.63, 3.8) is 0 Å². The first-order valence-electron chi connectivity index (χ1n) is 6.93. The van der Waals surface area contributed by atoms with Crippen LogP contribution in [0.15, 0.2) is 5.16 Å². The van der Waals surface area contributed by atoms with Crippen LogP contribution in [0.4, 0.5) is 0 Å². The third kappa shape index (κ3) is 2.99. The molecule has 1 amide bonds. The second-order valence-electron chi connectivity index (χ2n) is 5.91. The first kappa shape index (κ1) is 15.3. The molecular formula is C15H21N3O3. The normalized spacial score (nSPS) is 20.9. The summed E-state index contributed by atoms with van der Waals surface area (Å²) in [6, 6.07) is 0. The van der Waals surface area contributed by atoms with Crippen LogP contribution in [0.1, 0.15) is 59.3 Å². The van der Waals surface area contributed by atoms with Gasteiger partial charge in [0.05, 0.1) is 23.5 Å². The van der Waals surface area contributed by atoms with Crippen LogP contribution in [0.5, 0.6) is 0 Å². The van der Waals surface area contributed by atoms with Crippen LogP contribution in [0.3, 0.4) is 0 Å². The summed E-state index contributed by atoms with van der Waals surface area (Å²) in [6.45, 7) is 9.21. The van der Waals surface area contributed by atoms with E-state index in [1.165, 1.54) is 6.92 Å². The molecule has 2 N–H and O–H groups in total. The highest BCUT2D eigenvalue weighted by molar-refractivity contribution is 6.02. The maximum atomic E-state index is 12.4. The summed E-state index contributed by atoms with van der Waals surface area (Å²) in [6.07, 6.45) is 0.692. The maximum Gasteiger partial charge on any atom is 0.253 e. The van der Waals surface area contributed by atoms with Crippen LogP contribution in [0.25, 0.3) is 0 Å². The zero-order valence-electron chi connectivity index (χ0n) is 13.1. The summed E-state index contributed by atoms with van der Waals surface area (Å²) in [5.74, 6) is -0.284. The minimum atomic E-state index is -0.499. The van der Waals surface area contributed by atoms with Gasteiger partial charge in [-0.15, -0.1) is 0 Å². The number of carbonyl (C=O) groups excluding carboxylic acids is 2. The van der Waals surface area contributed by atoms with Gasteiger partial charge in [-0.3, -0.25) is 9.59 Å². The number of carbonyl (C=O) groups is 2. The van der Waals surface area contributed by atoms with Crippen LogP contribution >= 0.6 is 0 Å². The van der Waals surface area contributed by atoms with Crippen molar-refractivity contribution >= 4 is 17.4 Å². The SMILES string of the molecule is CC(=O)c1[nH]c(C)c(C(=O)NC[C@]2(C)CC(C)=NO2)c1C. The van der Waals surface area contributed by atoms with Gasteiger partial charge in [0.25, 0.3) is 5.91 Å². The number of nitrogens with zero attached hydrogens (tertiary/aromatic N) is 1. The lowest BCUT2D eigenvalue weighted by Gasteiger charge is -2.21. The molecule has 1 aliphatic heterocycles. The zero-order valence-corrected chi connectivity index (χ0v) is 13.1. The molecule has 6 nitrogen and oxygen atoms in total. The highest BCUT2D eigenvalue weighted by Gasteiger charge is 2.33. The van der Waals surface area contributed by atoms with Gasteiger partial charge in [0.15, 0.2) is 11.4 Å². The Morgan fingerprint density at radius 2 is 2.05 bits per heavy atom. The molecule has 0 unspecified atom stereocenters. The van der Waals surface area contributed by atoms with E-state index in [0.717, 1.165) is 5.71 Å². The molecule has 1 atom stereocenters. The minimum absolute atomic E-state index is 0.0789. The maximum absolute atomic E-state index is 12.4. The van der Waals surface area contributed by atoms with E-state index in [9.17, 15) is 9.59 Å². The van der Waals surface area contributed by atoms with Crippen molar-refractivity contribution in [3.8, 4) is 0 Å². The molecule has 0 saturated heterocycles. The van der Waals surface area contributed by atoms with Gasteiger partial charge >= 0.3 is 0 Å². The molecule has 0 radical (unpaired) electrons. The van der Waals surface area contributed by atoms with E-state index in [0.29, 0.717) is 35.5 Å². The van der Waals surface area contributed by atoms with Crippen molar-refractivity contribution in [3.05, 3.63) is 22.5 Å². The molecule has 0 spiro atoms. The highest BCUT2D eigenvalue weighted by atomic mass is 16.7. The number of rotatable bonds is 4. The van der Waals surface area contributed by atoms with Crippen molar-refractivity contribution < 1.29 is 14.4 Å². The van der Waals surface area contributed by atoms with Crippen molar-refractivity contribution in [2.75, 3.05) is 6.54 Å². The third-order valence-corrected chi connectivity index (χ3v) is 3.69. The van der Waals surface area contributed by atoms with Crippen molar-refractivity contribution in [2.45, 2.75) is 46.6 Å². The lowest BCUT2D eigenvalue weighted by Crippen LogP contribution is -2.41. The Hall–Kier alpha value is -2.11. The Labute approximate surface area is 123 Å². The number of amides is 1. The largest absolute Gasteiger partial charge is 0.387 e. The van der Waals surface area contributed by atoms with Crippen LogP contribution in [0.2, 0.25) is 0 Å². The van der Waals surface area contributed by atoms with Gasteiger partial charge in [0.1, 0.15) is 0 Å². The first-order chi connectivity index (χ1) is 9.73. The average Bonchev–Trinajstić information content (AvgIpc) is 2.88. The number of oxime groups is 1. The van der Waals surface area contributed by atoms with Gasteiger partial charge in [-0.1, -0.05) is 5.16 Å². The van der Waals surface area contributed by atoms with Crippen molar-refractivity contribution in [2.24, 2.45) is 5.16 Å². The van der Waals surface area contributed by atoms with E-state index in [4.69, 9.17) is 4.84 Å². The molecule has 0 aromatic carbocycles. The molecule has 2 rings (SSSR count). The smallest absolute Gasteiger partial charge is 0.253 e. The Bertz CT molecular complexity index is 630. The Kier molecular flexibility index (Phi) is 3.89. The standard InChI is InChI=1S/C15H21N3O3/c1-8-6-15(5,21-18-8)7-16-14(20)12-9(2)13(11(4)19)17-10(12)3/h17H,6-7H2,1-5H3,(H,16,20)/t15-/m0/s1. The van der Waals surface area contributed by atoms with Gasteiger partial charge < -0.3 is 15.1 Å². The molecule has 0 bridgehead atoms. The van der Waals surface area contributed by atoms with Crippen LogP contribution in [0, 0.1) is 13.8 Å². The summed E-state index contributed by atoms with van der Waals surface area (Å²) in [5, 5.41) is 6.78. The average molecular weight is 291 g/mol. The zero-order chi connectivity index (χ0) is 15.8. The number of H-pyrrole nitrogens is 1. The van der Waals surface area contributed by atoms with E-state index >= 15 is 0 Å². The summed E-state index contributed by atoms with van der Waals surface area (Å²) >= 11 is 0. The Balaban J connectivity index is 2.10. The summed E-state index contributed by atoms with van der Waals surface area (Å²) in [7, 11) is 0. The predicted octanol–water partition coefficient (Wildman–Crippen LogP) is 2.12. The van der Waals surface area contributed by atoms with E-state index in [-0.39, 0.29) is 11.7 Å². The molecule has 1 aromatic heterocycles. The highest BCUT2D eigenvalue weighted by Crippen LogP contribution is 2.23. The monoisotopic (exact) mass is 291 g/mol. The summed E-state index contributed by atoms with van der Waals surface area (Å²) < 4.78 is 0. The molecule has 0 saturated carbocycles. The predicted molar refractivity (Wildman–Crippen MR) is 79.8 cm³/mol.